The lowest BCUT2D eigenvalue weighted by atomic mass is 10.0. The van der Waals surface area contributed by atoms with Crippen molar-refractivity contribution in [3.63, 3.8) is 0 Å². The second kappa shape index (κ2) is 46.9. The average Bonchev–Trinajstić information content (AvgIpc) is 3.25. The molecule has 0 spiro atoms. The van der Waals surface area contributed by atoms with Crippen LogP contribution in [0, 0.1) is 0 Å². The quantitative estimate of drug-likeness (QED) is 0.0306. The minimum absolute atomic E-state index is 0.200. The molecule has 0 aromatic carbocycles. The zero-order valence-electron chi connectivity index (χ0n) is 39.9. The third-order valence-electron chi connectivity index (χ3n) is 11.8. The molecule has 10 nitrogen and oxygen atoms in total. The van der Waals surface area contributed by atoms with Gasteiger partial charge in [-0.05, 0) is 12.8 Å². The Hall–Kier alpha value is -1.03. The standard InChI is InChI=1S/C50H99O10P/c1-3-5-7-9-11-13-15-17-19-21-22-23-24-25-26-28-30-32-34-36-38-40-42-50(54)60-48(44-52)46-58-61(55,56)57-45-47(43-51)59-49(53)41-39-37-35-33-31-29-27-20-18-16-14-12-10-8-6-4-2/h47-48,51-52H,3-46H2,1-2H3,(H,55,56). The van der Waals surface area contributed by atoms with Crippen molar-refractivity contribution in [3.8, 4) is 0 Å². The first kappa shape index (κ1) is 60.0. The van der Waals surface area contributed by atoms with Gasteiger partial charge in [-0.1, -0.05) is 245 Å². The number of aliphatic hydroxyl groups excluding tert-OH is 2. The second-order valence-electron chi connectivity index (χ2n) is 17.9. The van der Waals surface area contributed by atoms with Crippen molar-refractivity contribution in [1.82, 2.24) is 0 Å². The molecule has 0 bridgehead atoms. The number of phosphoric ester groups is 1. The molecule has 0 aliphatic carbocycles. The molecule has 61 heavy (non-hydrogen) atoms. The van der Waals surface area contributed by atoms with Gasteiger partial charge in [-0.15, -0.1) is 0 Å². The maximum atomic E-state index is 12.4. The minimum Gasteiger partial charge on any atom is -0.457 e. The number of carbonyl (C=O) groups is 2. The number of rotatable bonds is 50. The Morgan fingerprint density at radius 3 is 0.770 bits per heavy atom. The molecular formula is C50H99O10P. The third-order valence-corrected chi connectivity index (χ3v) is 12.8. The zero-order chi connectivity index (χ0) is 44.8. The summed E-state index contributed by atoms with van der Waals surface area (Å²) in [6, 6.07) is 0. The van der Waals surface area contributed by atoms with Crippen LogP contribution in [0.4, 0.5) is 0 Å². The molecule has 0 aliphatic rings. The summed E-state index contributed by atoms with van der Waals surface area (Å²) in [5.74, 6) is -0.999. The maximum absolute atomic E-state index is 12.4. The summed E-state index contributed by atoms with van der Waals surface area (Å²) < 4.78 is 32.7. The first-order chi connectivity index (χ1) is 29.8. The monoisotopic (exact) mass is 891 g/mol. The number of aliphatic hydroxyl groups is 2. The van der Waals surface area contributed by atoms with Gasteiger partial charge in [-0.3, -0.25) is 18.6 Å². The molecule has 0 amide bonds. The van der Waals surface area contributed by atoms with Crippen molar-refractivity contribution in [2.24, 2.45) is 0 Å². The van der Waals surface area contributed by atoms with Gasteiger partial charge in [0.1, 0.15) is 12.2 Å². The van der Waals surface area contributed by atoms with Crippen molar-refractivity contribution >= 4 is 19.8 Å². The van der Waals surface area contributed by atoms with E-state index in [1.54, 1.807) is 0 Å². The molecule has 0 aromatic rings. The van der Waals surface area contributed by atoms with Crippen molar-refractivity contribution < 1.29 is 47.8 Å². The van der Waals surface area contributed by atoms with Gasteiger partial charge in [-0.25, -0.2) is 4.57 Å². The van der Waals surface area contributed by atoms with Crippen LogP contribution in [0.2, 0.25) is 0 Å². The van der Waals surface area contributed by atoms with Gasteiger partial charge in [0, 0.05) is 12.8 Å². The molecule has 0 aromatic heterocycles. The summed E-state index contributed by atoms with van der Waals surface area (Å²) in [6.07, 6.45) is 46.5. The molecular weight excluding hydrogens is 792 g/mol. The van der Waals surface area contributed by atoms with Gasteiger partial charge in [-0.2, -0.15) is 0 Å². The lowest BCUT2D eigenvalue weighted by Crippen LogP contribution is -2.28. The van der Waals surface area contributed by atoms with Crippen molar-refractivity contribution in [3.05, 3.63) is 0 Å². The number of hydrogen-bond acceptors (Lipinski definition) is 9. The Morgan fingerprint density at radius 2 is 0.574 bits per heavy atom. The van der Waals surface area contributed by atoms with E-state index in [0.29, 0.717) is 12.8 Å². The molecule has 364 valence electrons. The summed E-state index contributed by atoms with van der Waals surface area (Å²) in [4.78, 5) is 34.7. The average molecular weight is 891 g/mol. The van der Waals surface area contributed by atoms with Gasteiger partial charge in [0.05, 0.1) is 26.4 Å². The van der Waals surface area contributed by atoms with Crippen molar-refractivity contribution in [2.45, 2.75) is 283 Å². The van der Waals surface area contributed by atoms with Crippen LogP contribution in [0.25, 0.3) is 0 Å². The predicted octanol–water partition coefficient (Wildman–Crippen LogP) is 14.6. The number of phosphoric acid groups is 1. The summed E-state index contributed by atoms with van der Waals surface area (Å²) in [5, 5.41) is 19.2. The molecule has 0 radical (unpaired) electrons. The Morgan fingerprint density at radius 1 is 0.377 bits per heavy atom. The van der Waals surface area contributed by atoms with Crippen LogP contribution in [0.15, 0.2) is 0 Å². The minimum atomic E-state index is -4.63. The summed E-state index contributed by atoms with van der Waals surface area (Å²) >= 11 is 0. The highest BCUT2D eigenvalue weighted by Gasteiger charge is 2.27. The van der Waals surface area contributed by atoms with E-state index in [1.807, 2.05) is 0 Å². The normalized spacial score (nSPS) is 13.6. The number of hydrogen-bond donors (Lipinski definition) is 3. The Kier molecular flexibility index (Phi) is 46.2. The van der Waals surface area contributed by atoms with E-state index in [0.717, 1.165) is 38.5 Å². The highest BCUT2D eigenvalue weighted by Crippen LogP contribution is 2.43. The van der Waals surface area contributed by atoms with E-state index in [1.165, 1.54) is 193 Å². The summed E-state index contributed by atoms with van der Waals surface area (Å²) in [7, 11) is -4.63. The molecule has 0 rings (SSSR count). The van der Waals surface area contributed by atoms with E-state index in [9.17, 15) is 29.3 Å². The molecule has 3 unspecified atom stereocenters. The third kappa shape index (κ3) is 45.3. The molecule has 0 fully saturated rings. The van der Waals surface area contributed by atoms with Gasteiger partial charge in [0.15, 0.2) is 0 Å². The first-order valence-electron chi connectivity index (χ1n) is 26.0. The lowest BCUT2D eigenvalue weighted by Gasteiger charge is -2.20. The van der Waals surface area contributed by atoms with E-state index < -0.39 is 58.4 Å². The number of ether oxygens (including phenoxy) is 2. The Bertz CT molecular complexity index is 982. The van der Waals surface area contributed by atoms with Gasteiger partial charge < -0.3 is 24.6 Å². The Labute approximate surface area is 375 Å². The van der Waals surface area contributed by atoms with Crippen LogP contribution in [0.5, 0.6) is 0 Å². The van der Waals surface area contributed by atoms with Crippen molar-refractivity contribution in [1.29, 1.82) is 0 Å². The van der Waals surface area contributed by atoms with Gasteiger partial charge in [0.25, 0.3) is 0 Å². The molecule has 0 aliphatic heterocycles. The van der Waals surface area contributed by atoms with E-state index >= 15 is 0 Å². The van der Waals surface area contributed by atoms with E-state index in [2.05, 4.69) is 13.8 Å². The number of esters is 2. The van der Waals surface area contributed by atoms with E-state index in [-0.39, 0.29) is 12.8 Å². The van der Waals surface area contributed by atoms with Crippen LogP contribution >= 0.6 is 7.82 Å². The second-order valence-corrected chi connectivity index (χ2v) is 19.3. The topological polar surface area (TPSA) is 149 Å². The summed E-state index contributed by atoms with van der Waals surface area (Å²) in [6.45, 7) is 2.28. The molecule has 0 saturated heterocycles. The highest BCUT2D eigenvalue weighted by atomic mass is 31.2. The lowest BCUT2D eigenvalue weighted by molar-refractivity contribution is -0.153. The van der Waals surface area contributed by atoms with Crippen LogP contribution in [-0.2, 0) is 32.7 Å². The van der Waals surface area contributed by atoms with Crippen molar-refractivity contribution in [2.75, 3.05) is 26.4 Å². The van der Waals surface area contributed by atoms with Crippen LogP contribution in [0.3, 0.4) is 0 Å². The molecule has 3 N–H and O–H groups in total. The van der Waals surface area contributed by atoms with Crippen LogP contribution < -0.4 is 0 Å². The molecule has 3 atom stereocenters. The fourth-order valence-corrected chi connectivity index (χ4v) is 8.61. The molecule has 0 saturated carbocycles. The van der Waals surface area contributed by atoms with E-state index in [4.69, 9.17) is 18.5 Å². The van der Waals surface area contributed by atoms with Gasteiger partial charge >= 0.3 is 19.8 Å². The summed E-state index contributed by atoms with van der Waals surface area (Å²) in [5.41, 5.74) is 0. The molecule has 11 heteroatoms. The highest BCUT2D eigenvalue weighted by molar-refractivity contribution is 7.47. The fraction of sp³-hybridized carbons (Fsp3) is 0.960. The van der Waals surface area contributed by atoms with Gasteiger partial charge in [0.2, 0.25) is 0 Å². The van der Waals surface area contributed by atoms with Crippen LogP contribution in [-0.4, -0.2) is 65.7 Å². The largest absolute Gasteiger partial charge is 0.472 e. The Balaban J connectivity index is 3.77. The molecule has 0 heterocycles. The smallest absolute Gasteiger partial charge is 0.457 e. The zero-order valence-corrected chi connectivity index (χ0v) is 40.8. The number of unbranched alkanes of at least 4 members (excludes halogenated alkanes) is 36. The van der Waals surface area contributed by atoms with Crippen LogP contribution in [0.1, 0.15) is 271 Å². The maximum Gasteiger partial charge on any atom is 0.472 e. The fourth-order valence-electron chi connectivity index (χ4n) is 7.83. The SMILES string of the molecule is CCCCCCCCCCCCCCCCCCCCCCCCC(=O)OC(CO)COP(=O)(O)OCC(CO)OC(=O)CCCCCCCCCCCCCCCCCC. The number of carbonyl (C=O) groups excluding carboxylic acids is 2. The first-order valence-corrected chi connectivity index (χ1v) is 27.5. The predicted molar refractivity (Wildman–Crippen MR) is 252 cm³/mol.